The maximum atomic E-state index is 10.8. The van der Waals surface area contributed by atoms with E-state index >= 15 is 0 Å². The Morgan fingerprint density at radius 2 is 1.44 bits per heavy atom. The van der Waals surface area contributed by atoms with Gasteiger partial charge in [0, 0.05) is 38.6 Å². The Kier molecular flexibility index (Phi) is 6.37. The SMILES string of the molecule is [2H]c1ccc(-c2nc3c(-c4[c-]c(-c5ncc([2H])c(-c6ccccc6)c5[2H])ccc4)cccc3n2-c2ccccc2)c(O)c1.[Pt]. The van der Waals surface area contributed by atoms with E-state index in [-0.39, 0.29) is 44.9 Å². The van der Waals surface area contributed by atoms with Crippen LogP contribution in [-0.2, 0) is 21.1 Å². The van der Waals surface area contributed by atoms with E-state index in [1.54, 1.807) is 12.1 Å². The molecule has 0 atom stereocenters. The molecule has 41 heavy (non-hydrogen) atoms. The van der Waals surface area contributed by atoms with Crippen LogP contribution in [0.15, 0.2) is 140 Å². The molecule has 0 unspecified atom stereocenters. The average Bonchev–Trinajstić information content (AvgIpc) is 3.41. The number of aromatic hydroxyl groups is 1. The van der Waals surface area contributed by atoms with Crippen molar-refractivity contribution < 1.29 is 30.3 Å². The Morgan fingerprint density at radius 1 is 0.707 bits per heavy atom. The molecule has 200 valence electrons. The first-order valence-electron chi connectivity index (χ1n) is 14.4. The topological polar surface area (TPSA) is 50.9 Å². The number of pyridine rings is 1. The van der Waals surface area contributed by atoms with Crippen LogP contribution in [-0.4, -0.2) is 19.6 Å². The van der Waals surface area contributed by atoms with Crippen molar-refractivity contribution in [1.82, 2.24) is 14.5 Å². The Labute approximate surface area is 257 Å². The minimum Gasteiger partial charge on any atom is -0.507 e. The first-order valence-corrected chi connectivity index (χ1v) is 12.9. The summed E-state index contributed by atoms with van der Waals surface area (Å²) in [7, 11) is 0. The summed E-state index contributed by atoms with van der Waals surface area (Å²) in [6.07, 6.45) is 1.49. The third-order valence-electron chi connectivity index (χ3n) is 6.83. The van der Waals surface area contributed by atoms with Gasteiger partial charge in [0.25, 0.3) is 0 Å². The van der Waals surface area contributed by atoms with E-state index in [1.807, 2.05) is 102 Å². The molecule has 0 saturated heterocycles. The molecule has 0 bridgehead atoms. The summed E-state index contributed by atoms with van der Waals surface area (Å²) in [6.45, 7) is 0. The van der Waals surface area contributed by atoms with Gasteiger partial charge in [-0.25, -0.2) is 4.98 Å². The van der Waals surface area contributed by atoms with E-state index < -0.39 is 0 Å². The minimum absolute atomic E-state index is 0. The fraction of sp³-hybridized carbons (Fsp3) is 0. The predicted molar refractivity (Wildman–Crippen MR) is 161 cm³/mol. The van der Waals surface area contributed by atoms with E-state index in [1.165, 1.54) is 12.3 Å². The molecule has 0 aliphatic carbocycles. The maximum absolute atomic E-state index is 10.8. The van der Waals surface area contributed by atoms with Gasteiger partial charge in [-0.1, -0.05) is 89.9 Å². The van der Waals surface area contributed by atoms with E-state index in [9.17, 15) is 5.11 Å². The fourth-order valence-electron chi connectivity index (χ4n) is 4.96. The monoisotopic (exact) mass is 712 g/mol. The Morgan fingerprint density at radius 3 is 2.24 bits per heavy atom. The molecule has 0 aliphatic rings. The molecule has 0 saturated carbocycles. The number of hydrogen-bond donors (Lipinski definition) is 1. The van der Waals surface area contributed by atoms with Crippen molar-refractivity contribution in [3.8, 4) is 56.3 Å². The van der Waals surface area contributed by atoms with Crippen molar-refractivity contribution in [3.05, 3.63) is 146 Å². The standard InChI is InChI=1S/C36H24N3O.Pt/c40-34-20-8-7-17-31(34)36-38-35-30(18-10-19-33(35)39(36)29-15-5-2-6-16-29)27-13-9-14-28(23-27)32-24-26(21-22-37-32)25-11-3-1-4-12-25;/h1-22,24,40H;/q-1;/i8D,21D,24D;. The van der Waals surface area contributed by atoms with Crippen molar-refractivity contribution in [1.29, 1.82) is 0 Å². The van der Waals surface area contributed by atoms with Gasteiger partial charge >= 0.3 is 0 Å². The molecule has 0 radical (unpaired) electrons. The molecule has 0 fully saturated rings. The van der Waals surface area contributed by atoms with Gasteiger partial charge < -0.3 is 5.11 Å². The molecule has 4 nitrogen and oxygen atoms in total. The van der Waals surface area contributed by atoms with E-state index in [4.69, 9.17) is 9.10 Å². The third kappa shape index (κ3) is 4.99. The molecule has 5 aromatic carbocycles. The second-order valence-corrected chi connectivity index (χ2v) is 9.32. The number of fused-ring (bicyclic) bond motifs is 1. The number of aromatic nitrogens is 3. The number of benzene rings is 5. The Hall–Kier alpha value is -4.79. The van der Waals surface area contributed by atoms with Crippen LogP contribution >= 0.6 is 0 Å². The number of phenols is 1. The normalized spacial score (nSPS) is 11.9. The van der Waals surface area contributed by atoms with Crippen molar-refractivity contribution >= 4 is 11.0 Å². The average molecular weight is 713 g/mol. The van der Waals surface area contributed by atoms with Gasteiger partial charge in [0.2, 0.25) is 0 Å². The zero-order valence-corrected chi connectivity index (χ0v) is 23.9. The van der Waals surface area contributed by atoms with Crippen LogP contribution in [0.1, 0.15) is 4.11 Å². The minimum atomic E-state index is -0.0174. The zero-order valence-electron chi connectivity index (χ0n) is 24.7. The van der Waals surface area contributed by atoms with Gasteiger partial charge in [-0.05, 0) is 47.5 Å². The quantitative estimate of drug-likeness (QED) is 0.182. The number of phenolic OH excluding ortho intramolecular Hbond substituents is 1. The predicted octanol–water partition coefficient (Wildman–Crippen LogP) is 8.59. The molecular weight excluding hydrogens is 685 g/mol. The third-order valence-corrected chi connectivity index (χ3v) is 6.83. The van der Waals surface area contributed by atoms with Crippen LogP contribution in [0, 0.1) is 6.07 Å². The van der Waals surface area contributed by atoms with Gasteiger partial charge in [-0.2, -0.15) is 0 Å². The number of imidazole rings is 1. The second kappa shape index (κ2) is 11.4. The van der Waals surface area contributed by atoms with Crippen LogP contribution in [0.2, 0.25) is 0 Å². The van der Waals surface area contributed by atoms with Crippen LogP contribution in [0.25, 0.3) is 61.6 Å². The second-order valence-electron chi connectivity index (χ2n) is 9.32. The summed E-state index contributed by atoms with van der Waals surface area (Å²) in [5.74, 6) is 0.534. The number of rotatable bonds is 5. The van der Waals surface area contributed by atoms with Crippen molar-refractivity contribution in [2.45, 2.75) is 0 Å². The van der Waals surface area contributed by atoms with Gasteiger partial charge in [-0.15, -0.1) is 29.8 Å². The number of nitrogens with zero attached hydrogens (tertiary/aromatic N) is 3. The van der Waals surface area contributed by atoms with Gasteiger partial charge in [0.1, 0.15) is 11.6 Å². The molecule has 1 N–H and O–H groups in total. The van der Waals surface area contributed by atoms with Crippen LogP contribution in [0.4, 0.5) is 0 Å². The first kappa shape index (κ1) is 23.0. The molecule has 5 heteroatoms. The van der Waals surface area contributed by atoms with Crippen LogP contribution in [0.3, 0.4) is 0 Å². The molecule has 7 aromatic rings. The molecule has 0 spiro atoms. The van der Waals surface area contributed by atoms with Gasteiger partial charge in [0.15, 0.2) is 0 Å². The van der Waals surface area contributed by atoms with Crippen molar-refractivity contribution in [2.24, 2.45) is 0 Å². The molecule has 0 amide bonds. The zero-order chi connectivity index (χ0) is 29.5. The van der Waals surface area contributed by atoms with E-state index in [0.717, 1.165) is 33.4 Å². The van der Waals surface area contributed by atoms with Crippen molar-refractivity contribution in [2.75, 3.05) is 0 Å². The molecular formula is C36H24N3OPt-. The van der Waals surface area contributed by atoms with E-state index in [2.05, 4.69) is 11.1 Å². The maximum Gasteiger partial charge on any atom is 0.148 e. The molecule has 2 heterocycles. The number of hydrogen-bond acceptors (Lipinski definition) is 3. The largest absolute Gasteiger partial charge is 0.507 e. The van der Waals surface area contributed by atoms with Crippen molar-refractivity contribution in [3.63, 3.8) is 0 Å². The summed E-state index contributed by atoms with van der Waals surface area (Å²) in [6, 6.07) is 39.8. The van der Waals surface area contributed by atoms with E-state index in [0.29, 0.717) is 28.2 Å². The Bertz CT molecular complexity index is 2130. The van der Waals surface area contributed by atoms with Gasteiger partial charge in [-0.3, -0.25) is 9.55 Å². The molecule has 2 aromatic heterocycles. The summed E-state index contributed by atoms with van der Waals surface area (Å²) < 4.78 is 27.3. The number of para-hydroxylation sites is 3. The summed E-state index contributed by atoms with van der Waals surface area (Å²) in [4.78, 5) is 9.53. The van der Waals surface area contributed by atoms with Crippen LogP contribution in [0.5, 0.6) is 5.75 Å². The fourth-order valence-corrected chi connectivity index (χ4v) is 4.96. The molecule has 0 aliphatic heterocycles. The Balaban J connectivity index is 0.00000343. The van der Waals surface area contributed by atoms with Crippen LogP contribution < -0.4 is 0 Å². The summed E-state index contributed by atoms with van der Waals surface area (Å²) in [5.41, 5.74) is 6.98. The summed E-state index contributed by atoms with van der Waals surface area (Å²) in [5, 5.41) is 10.8. The molecule has 7 rings (SSSR count). The van der Waals surface area contributed by atoms with Gasteiger partial charge in [0.05, 0.1) is 20.7 Å². The summed E-state index contributed by atoms with van der Waals surface area (Å²) >= 11 is 0. The smallest absolute Gasteiger partial charge is 0.148 e. The first-order chi connectivity index (χ1) is 21.0.